The number of hydrogen-bond donors (Lipinski definition) is 1. The van der Waals surface area contributed by atoms with Crippen LogP contribution in [0.3, 0.4) is 0 Å². The molecule has 0 amide bonds. The van der Waals surface area contributed by atoms with Crippen molar-refractivity contribution in [2.75, 3.05) is 0 Å². The molecule has 0 aromatic carbocycles. The normalized spacial score (nSPS) is 11.8. The van der Waals surface area contributed by atoms with E-state index >= 15 is 0 Å². The molecule has 11 heteroatoms. The number of nitro groups is 1. The predicted octanol–water partition coefficient (Wildman–Crippen LogP) is 1.34. The summed E-state index contributed by atoms with van der Waals surface area (Å²) in [6.45, 7) is 0. The molecule has 1 heterocycles. The molecule has 0 aliphatic heterocycles. The van der Waals surface area contributed by atoms with Gasteiger partial charge in [0.25, 0.3) is 6.43 Å². The summed E-state index contributed by atoms with van der Waals surface area (Å²) in [6.07, 6.45) is -2.73. The van der Waals surface area contributed by atoms with E-state index in [1.807, 2.05) is 0 Å². The predicted molar refractivity (Wildman–Crippen MR) is 54.9 cm³/mol. The highest BCUT2D eigenvalue weighted by Crippen LogP contribution is 2.36. The van der Waals surface area contributed by atoms with Crippen molar-refractivity contribution < 1.29 is 22.1 Å². The van der Waals surface area contributed by atoms with Crippen molar-refractivity contribution in [1.29, 1.82) is 0 Å². The Hall–Kier alpha value is -1.20. The molecule has 94 valence electrons. The second-order valence-electron chi connectivity index (χ2n) is 2.78. The van der Waals surface area contributed by atoms with E-state index in [1.165, 1.54) is 0 Å². The van der Waals surface area contributed by atoms with Crippen LogP contribution < -0.4 is 5.14 Å². The van der Waals surface area contributed by atoms with Gasteiger partial charge >= 0.3 is 5.69 Å². The van der Waals surface area contributed by atoms with E-state index in [0.717, 1.165) is 0 Å². The number of primary sulfonamides is 1. The van der Waals surface area contributed by atoms with Gasteiger partial charge in [-0.05, 0) is 15.9 Å². The first kappa shape index (κ1) is 13.9. The number of nitrogens with two attached hydrogens (primary N) is 1. The summed E-state index contributed by atoms with van der Waals surface area (Å²) >= 11 is 2.61. The highest BCUT2D eigenvalue weighted by Gasteiger charge is 2.33. The van der Waals surface area contributed by atoms with Crippen LogP contribution in [0.1, 0.15) is 12.0 Å². The first-order valence-corrected chi connectivity index (χ1v) is 6.14. The van der Waals surface area contributed by atoms with Gasteiger partial charge in [-0.25, -0.2) is 27.3 Å². The molecule has 1 rings (SSSR count). The fourth-order valence-corrected chi connectivity index (χ4v) is 2.58. The molecular weight excluding hydrogens is 328 g/mol. The summed E-state index contributed by atoms with van der Waals surface area (Å²) in [6, 6.07) is 0. The Morgan fingerprint density at radius 3 is 2.41 bits per heavy atom. The summed E-state index contributed by atoms with van der Waals surface area (Å²) in [5.74, 6) is 0. The van der Waals surface area contributed by atoms with Gasteiger partial charge in [0, 0.05) is 6.20 Å². The van der Waals surface area contributed by atoms with Crippen LogP contribution in [-0.4, -0.2) is 18.3 Å². The minimum Gasteiger partial charge on any atom is -0.258 e. The number of sulfonamides is 1. The monoisotopic (exact) mass is 331 g/mol. The molecule has 0 aliphatic rings. The van der Waals surface area contributed by atoms with Crippen molar-refractivity contribution in [3.8, 4) is 0 Å². The topological polar surface area (TPSA) is 116 Å². The van der Waals surface area contributed by atoms with Crippen LogP contribution in [0.15, 0.2) is 15.7 Å². The largest absolute Gasteiger partial charge is 0.322 e. The average molecular weight is 332 g/mol. The van der Waals surface area contributed by atoms with E-state index in [0.29, 0.717) is 6.20 Å². The Morgan fingerprint density at radius 1 is 1.53 bits per heavy atom. The molecule has 0 radical (unpaired) electrons. The van der Waals surface area contributed by atoms with Crippen molar-refractivity contribution in [2.45, 2.75) is 11.3 Å². The second-order valence-corrected chi connectivity index (χ2v) is 5.03. The summed E-state index contributed by atoms with van der Waals surface area (Å²) < 4.78 is 46.8. The fraction of sp³-hybridized carbons (Fsp3) is 0.167. The minimum atomic E-state index is -4.67. The van der Waals surface area contributed by atoms with Crippen LogP contribution in [-0.2, 0) is 10.0 Å². The van der Waals surface area contributed by atoms with Crippen molar-refractivity contribution in [3.05, 3.63) is 26.5 Å². The number of hydrogen-bond acceptors (Lipinski definition) is 5. The van der Waals surface area contributed by atoms with Gasteiger partial charge in [-0.3, -0.25) is 10.1 Å². The molecule has 0 bridgehead atoms. The van der Waals surface area contributed by atoms with Crippen LogP contribution in [0.2, 0.25) is 0 Å². The summed E-state index contributed by atoms with van der Waals surface area (Å²) in [7, 11) is -4.67. The number of aromatic nitrogens is 1. The van der Waals surface area contributed by atoms with Gasteiger partial charge in [0.15, 0.2) is 9.50 Å². The summed E-state index contributed by atoms with van der Waals surface area (Å²) in [5, 5.41) is 15.3. The van der Waals surface area contributed by atoms with Crippen LogP contribution in [0.4, 0.5) is 14.5 Å². The zero-order chi connectivity index (χ0) is 13.4. The standard InChI is InChI=1S/C6H4BrF2N3O4S/c7-5-3(12(13)14)4(17(10,15)16)2(1-11-5)6(8)9/h1,6H,(H2,10,15,16). The number of halogens is 3. The SMILES string of the molecule is NS(=O)(=O)c1c(C(F)F)cnc(Br)c1[N+](=O)[O-]. The van der Waals surface area contributed by atoms with Gasteiger partial charge in [-0.2, -0.15) is 0 Å². The quantitative estimate of drug-likeness (QED) is 0.509. The van der Waals surface area contributed by atoms with E-state index < -0.39 is 42.1 Å². The number of pyridine rings is 1. The molecular formula is C6H4BrF2N3O4S. The highest BCUT2D eigenvalue weighted by molar-refractivity contribution is 9.10. The Morgan fingerprint density at radius 2 is 2.06 bits per heavy atom. The third-order valence-electron chi connectivity index (χ3n) is 1.69. The molecule has 2 N–H and O–H groups in total. The molecule has 17 heavy (non-hydrogen) atoms. The summed E-state index contributed by atoms with van der Waals surface area (Å²) in [4.78, 5) is 11.5. The third kappa shape index (κ3) is 2.73. The molecule has 0 saturated heterocycles. The zero-order valence-corrected chi connectivity index (χ0v) is 10.2. The first-order valence-electron chi connectivity index (χ1n) is 3.80. The van der Waals surface area contributed by atoms with Crippen molar-refractivity contribution in [2.24, 2.45) is 5.14 Å². The number of nitrogens with zero attached hydrogens (tertiary/aromatic N) is 2. The fourth-order valence-electron chi connectivity index (χ4n) is 1.09. The lowest BCUT2D eigenvalue weighted by atomic mass is 10.3. The van der Waals surface area contributed by atoms with Gasteiger partial charge in [0.1, 0.15) is 0 Å². The van der Waals surface area contributed by atoms with Gasteiger partial charge in [-0.1, -0.05) is 0 Å². The molecule has 0 aliphatic carbocycles. The number of alkyl halides is 2. The first-order chi connectivity index (χ1) is 7.66. The molecule has 0 atom stereocenters. The lowest BCUT2D eigenvalue weighted by Crippen LogP contribution is -2.17. The van der Waals surface area contributed by atoms with Gasteiger partial charge in [-0.15, -0.1) is 0 Å². The van der Waals surface area contributed by atoms with Crippen LogP contribution in [0.5, 0.6) is 0 Å². The lowest BCUT2D eigenvalue weighted by Gasteiger charge is -2.07. The van der Waals surface area contributed by atoms with Crippen LogP contribution in [0, 0.1) is 10.1 Å². The third-order valence-corrected chi connectivity index (χ3v) is 3.27. The molecule has 7 nitrogen and oxygen atoms in total. The van der Waals surface area contributed by atoms with E-state index in [9.17, 15) is 27.3 Å². The summed E-state index contributed by atoms with van der Waals surface area (Å²) in [5.41, 5.74) is -2.22. The maximum Gasteiger partial charge on any atom is 0.322 e. The van der Waals surface area contributed by atoms with Gasteiger partial charge in [0.2, 0.25) is 10.0 Å². The van der Waals surface area contributed by atoms with Crippen LogP contribution in [0.25, 0.3) is 0 Å². The van der Waals surface area contributed by atoms with Crippen molar-refractivity contribution >= 4 is 31.6 Å². The maximum atomic E-state index is 12.5. The van der Waals surface area contributed by atoms with Gasteiger partial charge < -0.3 is 0 Å². The second kappa shape index (κ2) is 4.58. The molecule has 1 aromatic rings. The van der Waals surface area contributed by atoms with E-state index in [1.54, 1.807) is 0 Å². The number of rotatable bonds is 3. The smallest absolute Gasteiger partial charge is 0.258 e. The Labute approximate surface area is 102 Å². The molecule has 0 unspecified atom stereocenters. The van der Waals surface area contributed by atoms with E-state index in [2.05, 4.69) is 26.1 Å². The minimum absolute atomic E-state index is 0.490. The molecule has 0 saturated carbocycles. The maximum absolute atomic E-state index is 12.5. The van der Waals surface area contributed by atoms with E-state index in [-0.39, 0.29) is 0 Å². The molecule has 0 fully saturated rings. The van der Waals surface area contributed by atoms with Crippen LogP contribution >= 0.6 is 15.9 Å². The highest BCUT2D eigenvalue weighted by atomic mass is 79.9. The lowest BCUT2D eigenvalue weighted by molar-refractivity contribution is -0.389. The Kier molecular flexibility index (Phi) is 3.74. The van der Waals surface area contributed by atoms with E-state index in [4.69, 9.17) is 0 Å². The Bertz CT molecular complexity index is 577. The Balaban J connectivity index is 3.82. The molecule has 1 aromatic heterocycles. The average Bonchev–Trinajstić information content (AvgIpc) is 2.14. The molecule has 0 spiro atoms. The zero-order valence-electron chi connectivity index (χ0n) is 7.80. The van der Waals surface area contributed by atoms with Crippen molar-refractivity contribution in [3.63, 3.8) is 0 Å². The van der Waals surface area contributed by atoms with Crippen molar-refractivity contribution in [1.82, 2.24) is 4.98 Å². The van der Waals surface area contributed by atoms with Gasteiger partial charge in [0.05, 0.1) is 10.5 Å².